The lowest BCUT2D eigenvalue weighted by molar-refractivity contribution is -0.135. The van der Waals surface area contributed by atoms with Crippen molar-refractivity contribution in [2.24, 2.45) is 5.92 Å². The average Bonchev–Trinajstić information content (AvgIpc) is 3.56. The van der Waals surface area contributed by atoms with E-state index in [1.54, 1.807) is 7.11 Å². The minimum atomic E-state index is -0.650. The van der Waals surface area contributed by atoms with Gasteiger partial charge in [0.15, 0.2) is 0 Å². The molecule has 8 nitrogen and oxygen atoms in total. The van der Waals surface area contributed by atoms with Crippen molar-refractivity contribution in [2.45, 2.75) is 38.8 Å². The number of carbonyl (C=O) groups excluding carboxylic acids is 2. The first-order valence-corrected chi connectivity index (χ1v) is 11.9. The fraction of sp³-hybridized carbons (Fsp3) is 0.370. The summed E-state index contributed by atoms with van der Waals surface area (Å²) in [5, 5.41) is 2.68. The molecule has 0 spiro atoms. The van der Waals surface area contributed by atoms with Crippen molar-refractivity contribution in [3.63, 3.8) is 0 Å². The molecule has 2 amide bonds. The van der Waals surface area contributed by atoms with E-state index in [1.165, 1.54) is 7.11 Å². The molecule has 0 bridgehead atoms. The SMILES string of the molecule is COC(=O)N[C@H](C(=O)N1CCC[C@H]1c1ncc(-c2ccc(-c3ccc(OC)cc3)cc2)[nH]1)C(C)C. The highest BCUT2D eigenvalue weighted by Gasteiger charge is 2.37. The predicted molar refractivity (Wildman–Crippen MR) is 134 cm³/mol. The number of carbonyl (C=O) groups is 2. The van der Waals surface area contributed by atoms with Crippen molar-refractivity contribution in [3.05, 3.63) is 60.6 Å². The summed E-state index contributed by atoms with van der Waals surface area (Å²) in [6.45, 7) is 4.44. The Kier molecular flexibility index (Phi) is 7.39. The largest absolute Gasteiger partial charge is 0.497 e. The average molecular weight is 477 g/mol. The summed E-state index contributed by atoms with van der Waals surface area (Å²) in [6.07, 6.45) is 2.90. The highest BCUT2D eigenvalue weighted by atomic mass is 16.5. The van der Waals surface area contributed by atoms with Crippen molar-refractivity contribution in [1.29, 1.82) is 0 Å². The van der Waals surface area contributed by atoms with Crippen LogP contribution in [0.5, 0.6) is 5.75 Å². The molecule has 0 unspecified atom stereocenters. The molecule has 0 saturated carbocycles. The van der Waals surface area contributed by atoms with Gasteiger partial charge >= 0.3 is 6.09 Å². The minimum Gasteiger partial charge on any atom is -0.497 e. The molecule has 4 rings (SSSR count). The Morgan fingerprint density at radius 2 is 1.66 bits per heavy atom. The van der Waals surface area contributed by atoms with Gasteiger partial charge in [-0.25, -0.2) is 9.78 Å². The lowest BCUT2D eigenvalue weighted by atomic mass is 10.0. The second kappa shape index (κ2) is 10.6. The normalized spacial score (nSPS) is 16.3. The number of amides is 2. The minimum absolute atomic E-state index is 0.0702. The van der Waals surface area contributed by atoms with Gasteiger partial charge in [0.2, 0.25) is 5.91 Å². The number of H-pyrrole nitrogens is 1. The first-order chi connectivity index (χ1) is 16.9. The summed E-state index contributed by atoms with van der Waals surface area (Å²) in [4.78, 5) is 34.9. The number of ether oxygens (including phenoxy) is 2. The van der Waals surface area contributed by atoms with Gasteiger partial charge in [0.25, 0.3) is 0 Å². The van der Waals surface area contributed by atoms with Crippen LogP contribution in [0, 0.1) is 5.92 Å². The van der Waals surface area contributed by atoms with Crippen LogP contribution >= 0.6 is 0 Å². The zero-order valence-electron chi connectivity index (χ0n) is 20.6. The molecule has 1 aromatic heterocycles. The van der Waals surface area contributed by atoms with Crippen LogP contribution in [0.15, 0.2) is 54.7 Å². The van der Waals surface area contributed by atoms with Crippen LogP contribution in [-0.2, 0) is 9.53 Å². The molecule has 1 fully saturated rings. The Labute approximate surface area is 205 Å². The van der Waals surface area contributed by atoms with E-state index in [-0.39, 0.29) is 17.9 Å². The van der Waals surface area contributed by atoms with Gasteiger partial charge in [-0.05, 0) is 47.6 Å². The third kappa shape index (κ3) is 5.31. The molecule has 2 heterocycles. The van der Waals surface area contributed by atoms with Crippen LogP contribution in [0.2, 0.25) is 0 Å². The molecule has 0 aliphatic carbocycles. The number of nitrogens with zero attached hydrogens (tertiary/aromatic N) is 2. The van der Waals surface area contributed by atoms with Gasteiger partial charge in [-0.15, -0.1) is 0 Å². The fourth-order valence-electron chi connectivity index (χ4n) is 4.47. The smallest absolute Gasteiger partial charge is 0.407 e. The standard InChI is InChI=1S/C27H32N4O4/c1-17(2)24(30-27(33)35-4)26(32)31-15-5-6-23(31)25-28-16-22(29-25)20-9-7-18(8-10-20)19-11-13-21(34-3)14-12-19/h7-14,16-17,23-24H,5-6,15H2,1-4H3,(H,28,29)(H,30,33)/t23-,24-/m0/s1. The summed E-state index contributed by atoms with van der Waals surface area (Å²) >= 11 is 0. The number of rotatable bonds is 7. The summed E-state index contributed by atoms with van der Waals surface area (Å²) in [5.74, 6) is 1.40. The van der Waals surface area contributed by atoms with Gasteiger partial charge < -0.3 is 24.7 Å². The van der Waals surface area contributed by atoms with Crippen LogP contribution in [0.1, 0.15) is 38.6 Å². The summed E-state index contributed by atoms with van der Waals surface area (Å²) in [5.41, 5.74) is 4.14. The quantitative estimate of drug-likeness (QED) is 0.511. The van der Waals surface area contributed by atoms with E-state index >= 15 is 0 Å². The first kappa shape index (κ1) is 24.3. The Morgan fingerprint density at radius 1 is 1.03 bits per heavy atom. The molecule has 1 aliphatic rings. The Balaban J connectivity index is 1.50. The van der Waals surface area contributed by atoms with Gasteiger partial charge in [0, 0.05) is 6.54 Å². The van der Waals surface area contributed by atoms with Gasteiger partial charge in [-0.3, -0.25) is 4.79 Å². The van der Waals surface area contributed by atoms with Gasteiger partial charge in [0.05, 0.1) is 32.2 Å². The third-order valence-corrected chi connectivity index (χ3v) is 6.46. The molecular formula is C27H32N4O4. The number of hydrogen-bond acceptors (Lipinski definition) is 5. The molecule has 1 saturated heterocycles. The topological polar surface area (TPSA) is 96.6 Å². The fourth-order valence-corrected chi connectivity index (χ4v) is 4.47. The van der Waals surface area contributed by atoms with Crippen LogP contribution in [-0.4, -0.2) is 53.7 Å². The zero-order chi connectivity index (χ0) is 24.9. The monoisotopic (exact) mass is 476 g/mol. The van der Waals surface area contributed by atoms with E-state index in [4.69, 9.17) is 9.47 Å². The molecule has 2 aromatic carbocycles. The van der Waals surface area contributed by atoms with Crippen LogP contribution in [0.4, 0.5) is 4.79 Å². The first-order valence-electron chi connectivity index (χ1n) is 11.9. The lowest BCUT2D eigenvalue weighted by Crippen LogP contribution is -2.51. The summed E-state index contributed by atoms with van der Waals surface area (Å²) in [6, 6.07) is 15.4. The molecule has 184 valence electrons. The number of aromatic amines is 1. The van der Waals surface area contributed by atoms with Crippen molar-refractivity contribution >= 4 is 12.0 Å². The van der Waals surface area contributed by atoms with E-state index in [9.17, 15) is 9.59 Å². The highest BCUT2D eigenvalue weighted by molar-refractivity contribution is 5.86. The molecule has 2 atom stereocenters. The van der Waals surface area contributed by atoms with Crippen molar-refractivity contribution in [2.75, 3.05) is 20.8 Å². The molecule has 3 aromatic rings. The number of benzene rings is 2. The molecular weight excluding hydrogens is 444 g/mol. The number of alkyl carbamates (subject to hydrolysis) is 1. The molecule has 2 N–H and O–H groups in total. The molecule has 0 radical (unpaired) electrons. The van der Waals surface area contributed by atoms with Crippen molar-refractivity contribution in [3.8, 4) is 28.1 Å². The maximum Gasteiger partial charge on any atom is 0.407 e. The summed E-state index contributed by atoms with van der Waals surface area (Å²) in [7, 11) is 2.95. The van der Waals surface area contributed by atoms with Gasteiger partial charge in [-0.1, -0.05) is 50.2 Å². The molecule has 35 heavy (non-hydrogen) atoms. The Hall–Kier alpha value is -3.81. The highest BCUT2D eigenvalue weighted by Crippen LogP contribution is 2.33. The summed E-state index contributed by atoms with van der Waals surface area (Å²) < 4.78 is 9.95. The maximum absolute atomic E-state index is 13.3. The van der Waals surface area contributed by atoms with Crippen molar-refractivity contribution < 1.29 is 19.1 Å². The van der Waals surface area contributed by atoms with E-state index in [0.717, 1.165) is 46.8 Å². The lowest BCUT2D eigenvalue weighted by Gasteiger charge is -2.30. The van der Waals surface area contributed by atoms with Gasteiger partial charge in [-0.2, -0.15) is 0 Å². The Morgan fingerprint density at radius 3 is 2.26 bits per heavy atom. The van der Waals surface area contributed by atoms with Crippen LogP contribution in [0.3, 0.4) is 0 Å². The zero-order valence-corrected chi connectivity index (χ0v) is 20.6. The number of aromatic nitrogens is 2. The maximum atomic E-state index is 13.3. The van der Waals surface area contributed by atoms with Crippen LogP contribution < -0.4 is 10.1 Å². The van der Waals surface area contributed by atoms with E-state index in [0.29, 0.717) is 6.54 Å². The number of likely N-dealkylation sites (tertiary alicyclic amines) is 1. The third-order valence-electron chi connectivity index (χ3n) is 6.46. The number of hydrogen-bond donors (Lipinski definition) is 2. The number of nitrogens with one attached hydrogen (secondary N) is 2. The molecule has 8 heteroatoms. The second-order valence-electron chi connectivity index (χ2n) is 9.04. The van der Waals surface area contributed by atoms with E-state index in [2.05, 4.69) is 39.6 Å². The van der Waals surface area contributed by atoms with Gasteiger partial charge in [0.1, 0.15) is 17.6 Å². The van der Waals surface area contributed by atoms with Crippen LogP contribution in [0.25, 0.3) is 22.4 Å². The van der Waals surface area contributed by atoms with E-state index in [1.807, 2.05) is 49.2 Å². The van der Waals surface area contributed by atoms with E-state index < -0.39 is 12.1 Å². The molecule has 1 aliphatic heterocycles. The van der Waals surface area contributed by atoms with Crippen molar-refractivity contribution in [1.82, 2.24) is 20.2 Å². The number of imidazole rings is 1. The second-order valence-corrected chi connectivity index (χ2v) is 9.04. The predicted octanol–water partition coefficient (Wildman–Crippen LogP) is 4.80. The Bertz CT molecular complexity index is 1150. The number of methoxy groups -OCH3 is 2.